The number of imide groups is 1. The summed E-state index contributed by atoms with van der Waals surface area (Å²) in [4.78, 5) is 39.2. The highest BCUT2D eigenvalue weighted by Crippen LogP contribution is 2.39. The van der Waals surface area contributed by atoms with Crippen molar-refractivity contribution < 1.29 is 28.6 Å². The second-order valence-electron chi connectivity index (χ2n) is 7.75. The maximum absolute atomic E-state index is 13.2. The molecular weight excluding hydrogens is 546 g/mol. The van der Waals surface area contributed by atoms with E-state index in [1.54, 1.807) is 25.1 Å². The van der Waals surface area contributed by atoms with Crippen LogP contribution in [0.5, 0.6) is 11.5 Å². The van der Waals surface area contributed by atoms with Crippen molar-refractivity contribution in [1.29, 1.82) is 0 Å². The van der Waals surface area contributed by atoms with Crippen LogP contribution < -0.4 is 9.47 Å². The molecule has 1 aliphatic rings. The number of rotatable bonds is 9. The van der Waals surface area contributed by atoms with Crippen LogP contribution in [-0.2, 0) is 20.9 Å². The van der Waals surface area contributed by atoms with Crippen LogP contribution in [0.25, 0.3) is 16.8 Å². The first-order chi connectivity index (χ1) is 17.4. The van der Waals surface area contributed by atoms with E-state index < -0.39 is 5.97 Å². The Morgan fingerprint density at radius 2 is 1.75 bits per heavy atom. The third-order valence-corrected chi connectivity index (χ3v) is 6.98. The fourth-order valence-corrected chi connectivity index (χ4v) is 5.03. The van der Waals surface area contributed by atoms with Gasteiger partial charge in [-0.2, -0.15) is 0 Å². The van der Waals surface area contributed by atoms with Crippen LogP contribution in [-0.4, -0.2) is 41.8 Å². The molecule has 0 unspecified atom stereocenters. The standard InChI is InChI=1S/C27H24BrNO6S/c1-3-33-22-12-19(21(28)14-23(22)35-16-25(30)34-4-2)13-24-26(31)29(27(32)36-24)15-18-10-7-9-17-8-5-6-11-20(17)18/h5-14H,3-4,15-16H2,1-2H3/b24-13+. The predicted molar refractivity (Wildman–Crippen MR) is 143 cm³/mol. The molecule has 1 saturated heterocycles. The minimum Gasteiger partial charge on any atom is -0.490 e. The Morgan fingerprint density at radius 3 is 2.53 bits per heavy atom. The van der Waals surface area contributed by atoms with Gasteiger partial charge >= 0.3 is 5.97 Å². The Labute approximate surface area is 221 Å². The molecule has 0 aromatic heterocycles. The van der Waals surface area contributed by atoms with Crippen molar-refractivity contribution in [3.05, 3.63) is 75.1 Å². The summed E-state index contributed by atoms with van der Waals surface area (Å²) in [5.74, 6) is -0.0744. The number of benzene rings is 3. The molecule has 0 atom stereocenters. The van der Waals surface area contributed by atoms with E-state index in [1.807, 2.05) is 49.4 Å². The number of carbonyl (C=O) groups is 3. The molecule has 4 rings (SSSR count). The van der Waals surface area contributed by atoms with Gasteiger partial charge in [0.2, 0.25) is 0 Å². The third-order valence-electron chi connectivity index (χ3n) is 5.38. The van der Waals surface area contributed by atoms with Gasteiger partial charge in [0.15, 0.2) is 18.1 Å². The summed E-state index contributed by atoms with van der Waals surface area (Å²) in [5, 5.41) is 1.73. The largest absolute Gasteiger partial charge is 0.490 e. The smallest absolute Gasteiger partial charge is 0.344 e. The van der Waals surface area contributed by atoms with Gasteiger partial charge in [-0.15, -0.1) is 0 Å². The SMILES string of the molecule is CCOC(=O)COc1cc(Br)c(/C=C2/SC(=O)N(Cc3cccc4ccccc34)C2=O)cc1OCC. The lowest BCUT2D eigenvalue weighted by molar-refractivity contribution is -0.145. The van der Waals surface area contributed by atoms with Gasteiger partial charge in [-0.05, 0) is 65.7 Å². The number of esters is 1. The van der Waals surface area contributed by atoms with E-state index in [2.05, 4.69) is 15.9 Å². The molecule has 3 aromatic carbocycles. The minimum atomic E-state index is -0.486. The molecular formula is C27H24BrNO6S. The number of ether oxygens (including phenoxy) is 3. The lowest BCUT2D eigenvalue weighted by atomic mass is 10.0. The molecule has 0 aliphatic carbocycles. The average molecular weight is 570 g/mol. The van der Waals surface area contributed by atoms with E-state index in [0.717, 1.165) is 28.1 Å². The molecule has 36 heavy (non-hydrogen) atoms. The number of hydrogen-bond acceptors (Lipinski definition) is 7. The highest BCUT2D eigenvalue weighted by atomic mass is 79.9. The second-order valence-corrected chi connectivity index (χ2v) is 9.60. The molecule has 0 bridgehead atoms. The normalized spacial score (nSPS) is 14.5. The summed E-state index contributed by atoms with van der Waals surface area (Å²) >= 11 is 4.39. The fourth-order valence-electron chi connectivity index (χ4n) is 3.76. The first-order valence-electron chi connectivity index (χ1n) is 11.4. The molecule has 0 N–H and O–H groups in total. The summed E-state index contributed by atoms with van der Waals surface area (Å²) in [6, 6.07) is 17.1. The van der Waals surface area contributed by atoms with Gasteiger partial charge in [0.25, 0.3) is 11.1 Å². The Bertz CT molecular complexity index is 1350. The maximum atomic E-state index is 13.2. The number of carbonyl (C=O) groups excluding carboxylic acids is 3. The van der Waals surface area contributed by atoms with Crippen LogP contribution in [0, 0.1) is 0 Å². The van der Waals surface area contributed by atoms with Gasteiger partial charge in [0, 0.05) is 4.47 Å². The maximum Gasteiger partial charge on any atom is 0.344 e. The summed E-state index contributed by atoms with van der Waals surface area (Å²) in [7, 11) is 0. The molecule has 9 heteroatoms. The zero-order valence-electron chi connectivity index (χ0n) is 19.8. The third kappa shape index (κ3) is 5.74. The first kappa shape index (κ1) is 25.8. The Kier molecular flexibility index (Phi) is 8.32. The fraction of sp³-hybridized carbons (Fsp3) is 0.222. The lowest BCUT2D eigenvalue weighted by Crippen LogP contribution is -2.27. The van der Waals surface area contributed by atoms with Crippen LogP contribution in [0.15, 0.2) is 64.0 Å². The van der Waals surface area contributed by atoms with Crippen molar-refractivity contribution in [3.8, 4) is 11.5 Å². The second kappa shape index (κ2) is 11.6. The predicted octanol–water partition coefficient (Wildman–Crippen LogP) is 6.18. The first-order valence-corrected chi connectivity index (χ1v) is 13.0. The molecule has 1 heterocycles. The average Bonchev–Trinajstić information content (AvgIpc) is 3.13. The molecule has 1 fully saturated rings. The Balaban J connectivity index is 1.58. The van der Waals surface area contributed by atoms with Gasteiger partial charge in [0.1, 0.15) is 0 Å². The van der Waals surface area contributed by atoms with Gasteiger partial charge < -0.3 is 14.2 Å². The number of halogens is 1. The van der Waals surface area contributed by atoms with Gasteiger partial charge in [0.05, 0.1) is 24.7 Å². The van der Waals surface area contributed by atoms with Crippen molar-refractivity contribution in [2.24, 2.45) is 0 Å². The Morgan fingerprint density at radius 1 is 1.00 bits per heavy atom. The number of thioether (sulfide) groups is 1. The van der Waals surface area contributed by atoms with Crippen molar-refractivity contribution in [3.63, 3.8) is 0 Å². The topological polar surface area (TPSA) is 82.1 Å². The van der Waals surface area contributed by atoms with Crippen molar-refractivity contribution in [2.75, 3.05) is 19.8 Å². The summed E-state index contributed by atoms with van der Waals surface area (Å²) in [6.07, 6.45) is 1.65. The van der Waals surface area contributed by atoms with E-state index in [4.69, 9.17) is 14.2 Å². The van der Waals surface area contributed by atoms with Crippen LogP contribution >= 0.6 is 27.7 Å². The van der Waals surface area contributed by atoms with Crippen molar-refractivity contribution in [2.45, 2.75) is 20.4 Å². The quantitative estimate of drug-likeness (QED) is 0.225. The number of nitrogens with zero attached hydrogens (tertiary/aromatic N) is 1. The molecule has 2 amide bonds. The van der Waals surface area contributed by atoms with Crippen molar-refractivity contribution >= 4 is 61.7 Å². The molecule has 186 valence electrons. The molecule has 0 radical (unpaired) electrons. The van der Waals surface area contributed by atoms with Crippen LogP contribution in [0.3, 0.4) is 0 Å². The molecule has 0 saturated carbocycles. The molecule has 0 spiro atoms. The summed E-state index contributed by atoms with van der Waals surface area (Å²) < 4.78 is 16.8. The zero-order valence-corrected chi connectivity index (χ0v) is 22.2. The van der Waals surface area contributed by atoms with Gasteiger partial charge in [-0.3, -0.25) is 14.5 Å². The van der Waals surface area contributed by atoms with Crippen molar-refractivity contribution in [1.82, 2.24) is 4.90 Å². The van der Waals surface area contributed by atoms with Crippen LogP contribution in [0.1, 0.15) is 25.0 Å². The minimum absolute atomic E-state index is 0.190. The van der Waals surface area contributed by atoms with Crippen LogP contribution in [0.2, 0.25) is 0 Å². The van der Waals surface area contributed by atoms with E-state index >= 15 is 0 Å². The number of fused-ring (bicyclic) bond motifs is 1. The van der Waals surface area contributed by atoms with E-state index in [-0.39, 0.29) is 30.9 Å². The summed E-state index contributed by atoms with van der Waals surface area (Å²) in [5.41, 5.74) is 1.54. The monoisotopic (exact) mass is 569 g/mol. The van der Waals surface area contributed by atoms with Gasteiger partial charge in [-0.1, -0.05) is 58.4 Å². The van der Waals surface area contributed by atoms with E-state index in [0.29, 0.717) is 33.0 Å². The zero-order chi connectivity index (χ0) is 25.7. The molecule has 7 nitrogen and oxygen atoms in total. The highest BCUT2D eigenvalue weighted by molar-refractivity contribution is 9.10. The summed E-state index contributed by atoms with van der Waals surface area (Å²) in [6.45, 7) is 4.12. The van der Waals surface area contributed by atoms with E-state index in [9.17, 15) is 14.4 Å². The number of hydrogen-bond donors (Lipinski definition) is 0. The highest BCUT2D eigenvalue weighted by Gasteiger charge is 2.35. The molecule has 1 aliphatic heterocycles. The van der Waals surface area contributed by atoms with Gasteiger partial charge in [-0.25, -0.2) is 4.79 Å². The Hall–Kier alpha value is -3.30. The van der Waals surface area contributed by atoms with E-state index in [1.165, 1.54) is 4.90 Å². The van der Waals surface area contributed by atoms with Crippen LogP contribution in [0.4, 0.5) is 4.79 Å². The number of amides is 2. The lowest BCUT2D eigenvalue weighted by Gasteiger charge is -2.15. The molecule has 3 aromatic rings.